The van der Waals surface area contributed by atoms with Gasteiger partial charge in [-0.15, -0.1) is 0 Å². The predicted molar refractivity (Wildman–Crippen MR) is 111 cm³/mol. The molecule has 4 rings (SSSR count). The van der Waals surface area contributed by atoms with Crippen LogP contribution in [-0.2, 0) is 10.0 Å². The summed E-state index contributed by atoms with van der Waals surface area (Å²) in [5.41, 5.74) is 2.28. The van der Waals surface area contributed by atoms with Crippen LogP contribution in [0.4, 0.5) is 5.69 Å². The normalized spacial score (nSPS) is 31.9. The maximum Gasteiger partial charge on any atom is 0.229 e. The van der Waals surface area contributed by atoms with Gasteiger partial charge in [-0.05, 0) is 53.7 Å². The van der Waals surface area contributed by atoms with Crippen LogP contribution >= 0.6 is 0 Å². The zero-order chi connectivity index (χ0) is 19.1. The Labute approximate surface area is 164 Å². The summed E-state index contributed by atoms with van der Waals surface area (Å²) in [7, 11) is -3.23. The minimum atomic E-state index is -3.23. The van der Waals surface area contributed by atoms with Crippen LogP contribution < -0.4 is 4.72 Å². The molecular weight excluding hydrogens is 356 g/mol. The Morgan fingerprint density at radius 2 is 2.04 bits per heavy atom. The van der Waals surface area contributed by atoms with E-state index in [2.05, 4.69) is 34.8 Å². The number of sulfonamides is 1. The minimum Gasteiger partial charge on any atom is -0.299 e. The van der Waals surface area contributed by atoms with Crippen LogP contribution in [0.25, 0.3) is 0 Å². The summed E-state index contributed by atoms with van der Waals surface area (Å²) in [4.78, 5) is 2.58. The Balaban J connectivity index is 1.33. The van der Waals surface area contributed by atoms with E-state index in [0.29, 0.717) is 22.9 Å². The van der Waals surface area contributed by atoms with Crippen molar-refractivity contribution < 1.29 is 8.42 Å². The molecule has 4 nitrogen and oxygen atoms in total. The van der Waals surface area contributed by atoms with Gasteiger partial charge in [0.1, 0.15) is 0 Å². The molecular formula is C22H32N2O2S. The first-order valence-electron chi connectivity index (χ1n) is 10.3. The molecule has 0 amide bonds. The van der Waals surface area contributed by atoms with Gasteiger partial charge < -0.3 is 0 Å². The number of hydrogen-bond donors (Lipinski definition) is 1. The lowest BCUT2D eigenvalue weighted by Gasteiger charge is -2.22. The fraction of sp³-hybridized carbons (Fsp3) is 0.636. The van der Waals surface area contributed by atoms with Gasteiger partial charge in [0.25, 0.3) is 0 Å². The van der Waals surface area contributed by atoms with Crippen LogP contribution in [-0.4, -0.2) is 39.2 Å². The zero-order valence-electron chi connectivity index (χ0n) is 16.5. The Morgan fingerprint density at radius 3 is 2.70 bits per heavy atom. The molecule has 5 heteroatoms. The summed E-state index contributed by atoms with van der Waals surface area (Å²) in [6.07, 6.45) is 13.0. The van der Waals surface area contributed by atoms with E-state index >= 15 is 0 Å². The summed E-state index contributed by atoms with van der Waals surface area (Å²) in [5, 5.41) is 0. The van der Waals surface area contributed by atoms with Crippen molar-refractivity contribution in [1.29, 1.82) is 0 Å². The molecule has 0 spiro atoms. The summed E-state index contributed by atoms with van der Waals surface area (Å²) in [6, 6.07) is 7.95. The SMILES string of the molecule is CC12CN(C/C=C/C3CCCCC3)CC1C2c1cccc(NS(C)(=O)=O)c1. The van der Waals surface area contributed by atoms with Crippen molar-refractivity contribution in [2.24, 2.45) is 17.3 Å². The Bertz CT molecular complexity index is 813. The average molecular weight is 389 g/mol. The molecule has 3 atom stereocenters. The first-order chi connectivity index (χ1) is 12.9. The van der Waals surface area contributed by atoms with Gasteiger partial charge in [-0.25, -0.2) is 8.42 Å². The third kappa shape index (κ3) is 4.24. The zero-order valence-corrected chi connectivity index (χ0v) is 17.3. The molecule has 1 saturated heterocycles. The molecule has 1 aromatic carbocycles. The highest BCUT2D eigenvalue weighted by molar-refractivity contribution is 7.92. The fourth-order valence-electron chi connectivity index (χ4n) is 5.51. The summed E-state index contributed by atoms with van der Waals surface area (Å²) < 4.78 is 25.6. The minimum absolute atomic E-state index is 0.336. The Hall–Kier alpha value is -1.33. The fourth-order valence-corrected chi connectivity index (χ4v) is 6.06. The number of benzene rings is 1. The summed E-state index contributed by atoms with van der Waals surface area (Å²) >= 11 is 0. The third-order valence-corrected chi connectivity index (χ3v) is 7.45. The predicted octanol–water partition coefficient (Wildman–Crippen LogP) is 4.23. The first kappa shape index (κ1) is 19.0. The van der Waals surface area contributed by atoms with E-state index in [0.717, 1.165) is 25.6 Å². The second-order valence-electron chi connectivity index (χ2n) is 9.11. The number of likely N-dealkylation sites (tertiary alicyclic amines) is 1. The van der Waals surface area contributed by atoms with Gasteiger partial charge in [-0.1, -0.05) is 50.5 Å². The molecule has 1 heterocycles. The van der Waals surface area contributed by atoms with Gasteiger partial charge >= 0.3 is 0 Å². The van der Waals surface area contributed by atoms with Crippen molar-refractivity contribution >= 4 is 15.7 Å². The van der Waals surface area contributed by atoms with Crippen LogP contribution in [0.1, 0.15) is 50.5 Å². The van der Waals surface area contributed by atoms with Gasteiger partial charge in [0.15, 0.2) is 0 Å². The molecule has 0 radical (unpaired) electrons. The van der Waals surface area contributed by atoms with Crippen molar-refractivity contribution in [3.8, 4) is 0 Å². The number of piperidine rings is 1. The van der Waals surface area contributed by atoms with E-state index in [9.17, 15) is 8.42 Å². The largest absolute Gasteiger partial charge is 0.299 e. The van der Waals surface area contributed by atoms with E-state index in [4.69, 9.17) is 0 Å². The van der Waals surface area contributed by atoms with E-state index < -0.39 is 10.0 Å². The molecule has 1 aromatic rings. The lowest BCUT2D eigenvalue weighted by atomic mass is 9.89. The number of rotatable bonds is 6. The van der Waals surface area contributed by atoms with Crippen molar-refractivity contribution in [3.05, 3.63) is 42.0 Å². The molecule has 2 aliphatic carbocycles. The Kier molecular flexibility index (Phi) is 5.10. The highest BCUT2D eigenvalue weighted by Gasteiger charge is 2.65. The van der Waals surface area contributed by atoms with Crippen LogP contribution in [0.15, 0.2) is 36.4 Å². The highest BCUT2D eigenvalue weighted by atomic mass is 32.2. The van der Waals surface area contributed by atoms with Crippen molar-refractivity contribution in [1.82, 2.24) is 4.90 Å². The standard InChI is InChI=1S/C22H32N2O2S/c1-22-16-24(13-7-10-17-8-4-3-5-9-17)15-20(22)21(22)18-11-6-12-19(14-18)23-27(2,25)26/h6-7,10-12,14,17,20-21,23H,3-5,8-9,13,15-16H2,1-2H3/b10-7+. The molecule has 0 bridgehead atoms. The molecule has 1 aliphatic heterocycles. The number of nitrogens with one attached hydrogen (secondary N) is 1. The van der Waals surface area contributed by atoms with Crippen LogP contribution in [0.3, 0.4) is 0 Å². The van der Waals surface area contributed by atoms with Crippen LogP contribution in [0.5, 0.6) is 0 Å². The van der Waals surface area contributed by atoms with Gasteiger partial charge in [-0.3, -0.25) is 9.62 Å². The smallest absolute Gasteiger partial charge is 0.229 e. The summed E-state index contributed by atoms with van der Waals surface area (Å²) in [5.74, 6) is 2.05. The third-order valence-electron chi connectivity index (χ3n) is 6.84. The second kappa shape index (κ2) is 7.25. The number of fused-ring (bicyclic) bond motifs is 1. The lowest BCUT2D eigenvalue weighted by Crippen LogP contribution is -2.26. The van der Waals surface area contributed by atoms with Gasteiger partial charge in [-0.2, -0.15) is 0 Å². The van der Waals surface area contributed by atoms with Crippen molar-refractivity contribution in [3.63, 3.8) is 0 Å². The molecule has 3 fully saturated rings. The topological polar surface area (TPSA) is 49.4 Å². The number of anilines is 1. The van der Waals surface area contributed by atoms with Gasteiger partial charge in [0.05, 0.1) is 6.26 Å². The molecule has 3 unspecified atom stereocenters. The molecule has 3 aliphatic rings. The van der Waals surface area contributed by atoms with E-state index in [1.54, 1.807) is 0 Å². The van der Waals surface area contributed by atoms with Gasteiger partial charge in [0, 0.05) is 25.3 Å². The van der Waals surface area contributed by atoms with E-state index in [-0.39, 0.29) is 0 Å². The number of hydrogen-bond acceptors (Lipinski definition) is 3. The van der Waals surface area contributed by atoms with E-state index in [1.807, 2.05) is 18.2 Å². The van der Waals surface area contributed by atoms with Crippen LogP contribution in [0, 0.1) is 17.3 Å². The monoisotopic (exact) mass is 388 g/mol. The number of allylic oxidation sites excluding steroid dienone is 1. The van der Waals surface area contributed by atoms with Crippen molar-refractivity contribution in [2.45, 2.75) is 44.9 Å². The molecule has 148 valence electrons. The maximum atomic E-state index is 11.5. The average Bonchev–Trinajstić information content (AvgIpc) is 3.02. The Morgan fingerprint density at radius 1 is 1.26 bits per heavy atom. The van der Waals surface area contributed by atoms with Crippen molar-refractivity contribution in [2.75, 3.05) is 30.6 Å². The van der Waals surface area contributed by atoms with Crippen LogP contribution in [0.2, 0.25) is 0 Å². The van der Waals surface area contributed by atoms with E-state index in [1.165, 1.54) is 43.9 Å². The second-order valence-corrected chi connectivity index (χ2v) is 10.9. The number of nitrogens with zero attached hydrogens (tertiary/aromatic N) is 1. The molecule has 27 heavy (non-hydrogen) atoms. The highest BCUT2D eigenvalue weighted by Crippen LogP contribution is 2.68. The summed E-state index contributed by atoms with van der Waals surface area (Å²) in [6.45, 7) is 5.76. The van der Waals surface area contributed by atoms with Gasteiger partial charge in [0.2, 0.25) is 10.0 Å². The quantitative estimate of drug-likeness (QED) is 0.742. The molecule has 2 saturated carbocycles. The first-order valence-corrected chi connectivity index (χ1v) is 12.2. The molecule has 0 aromatic heterocycles. The lowest BCUT2D eigenvalue weighted by molar-refractivity contribution is 0.303. The molecule has 1 N–H and O–H groups in total. The maximum absolute atomic E-state index is 11.5.